The van der Waals surface area contributed by atoms with Crippen molar-refractivity contribution in [1.29, 1.82) is 0 Å². The molecule has 2 nitrogen and oxygen atoms in total. The summed E-state index contributed by atoms with van der Waals surface area (Å²) in [6, 6.07) is 45.5. The molecule has 2 heteroatoms. The Kier molecular flexibility index (Phi) is 8.08. The number of allylic oxidation sites excluding steroid dienone is 2. The van der Waals surface area contributed by atoms with Crippen LogP contribution in [0.1, 0.15) is 43.9 Å². The highest BCUT2D eigenvalue weighted by atomic mass is 14.8. The third-order valence-electron chi connectivity index (χ3n) is 10.1. The van der Waals surface area contributed by atoms with Gasteiger partial charge in [0.2, 0.25) is 0 Å². The molecule has 1 N–H and O–H groups in total. The van der Waals surface area contributed by atoms with Gasteiger partial charge < -0.3 is 5.32 Å². The second-order valence-electron chi connectivity index (χ2n) is 12.9. The molecule has 0 spiro atoms. The average molecular weight is 621 g/mol. The standard InChI is InChI=1S/C46H40N2/c1-3-31-21-23-34-29-35(25-24-33(34)28-31)45-40-13-5-7-15-42(40)46(43-16-8-6-14-41(43)45)39-20-10-17-36-37(39)18-9-19-38(36)44(48-4-2)26-22-32-12-11-27-47-30-32/h4-21,23-25,27-29,44,47H,3,22,26,30H2,1-2H3. The number of nitrogens with zero attached hydrogens (tertiary/aromatic N) is 1. The predicted molar refractivity (Wildman–Crippen MR) is 208 cm³/mol. The van der Waals surface area contributed by atoms with E-state index in [2.05, 4.69) is 146 Å². The Morgan fingerprint density at radius 2 is 1.35 bits per heavy atom. The maximum absolute atomic E-state index is 5.02. The molecule has 0 radical (unpaired) electrons. The first kappa shape index (κ1) is 29.9. The Morgan fingerprint density at radius 1 is 0.688 bits per heavy atom. The fourth-order valence-electron chi connectivity index (χ4n) is 7.73. The summed E-state index contributed by atoms with van der Waals surface area (Å²) in [6.45, 7) is 5.16. The van der Waals surface area contributed by atoms with Gasteiger partial charge in [-0.05, 0) is 127 Å². The maximum Gasteiger partial charge on any atom is 0.0754 e. The van der Waals surface area contributed by atoms with Crippen molar-refractivity contribution in [1.82, 2.24) is 5.32 Å². The van der Waals surface area contributed by atoms with Gasteiger partial charge >= 0.3 is 0 Å². The van der Waals surface area contributed by atoms with Crippen molar-refractivity contribution < 1.29 is 0 Å². The highest BCUT2D eigenvalue weighted by Gasteiger charge is 2.20. The van der Waals surface area contributed by atoms with Crippen molar-refractivity contribution in [3.63, 3.8) is 0 Å². The highest BCUT2D eigenvalue weighted by Crippen LogP contribution is 2.46. The first-order valence-electron chi connectivity index (χ1n) is 17.3. The molecule has 1 unspecified atom stereocenters. The van der Waals surface area contributed by atoms with Crippen molar-refractivity contribution in [2.45, 2.75) is 39.2 Å². The van der Waals surface area contributed by atoms with Crippen LogP contribution >= 0.6 is 0 Å². The smallest absolute Gasteiger partial charge is 0.0754 e. The van der Waals surface area contributed by atoms with E-state index < -0.39 is 0 Å². The summed E-state index contributed by atoms with van der Waals surface area (Å²) in [5.74, 6) is 0. The molecular weight excluding hydrogens is 581 g/mol. The van der Waals surface area contributed by atoms with Crippen LogP contribution in [-0.2, 0) is 6.42 Å². The minimum Gasteiger partial charge on any atom is -0.387 e. The summed E-state index contributed by atoms with van der Waals surface area (Å²) in [5.41, 5.74) is 9.20. The molecular formula is C46H40N2. The van der Waals surface area contributed by atoms with Crippen LogP contribution in [0.2, 0.25) is 0 Å². The normalized spacial score (nSPS) is 13.8. The Morgan fingerprint density at radius 3 is 2.06 bits per heavy atom. The fraction of sp³-hybridized carbons (Fsp3) is 0.152. The summed E-state index contributed by atoms with van der Waals surface area (Å²) in [5, 5.41) is 13.6. The van der Waals surface area contributed by atoms with Crippen LogP contribution in [0.25, 0.3) is 65.3 Å². The zero-order valence-electron chi connectivity index (χ0n) is 27.7. The van der Waals surface area contributed by atoms with Gasteiger partial charge in [0, 0.05) is 6.54 Å². The lowest BCUT2D eigenvalue weighted by molar-refractivity contribution is 0.645. The second kappa shape index (κ2) is 13.0. The van der Waals surface area contributed by atoms with Crippen LogP contribution < -0.4 is 5.32 Å². The molecule has 234 valence electrons. The highest BCUT2D eigenvalue weighted by molar-refractivity contribution is 6.23. The molecule has 7 aromatic carbocycles. The van der Waals surface area contributed by atoms with Gasteiger partial charge in [-0.25, -0.2) is 0 Å². The summed E-state index contributed by atoms with van der Waals surface area (Å²) in [6.07, 6.45) is 11.4. The molecule has 1 aliphatic heterocycles. The molecule has 1 aliphatic rings. The molecule has 1 heterocycles. The lowest BCUT2D eigenvalue weighted by atomic mass is 9.83. The molecule has 0 amide bonds. The molecule has 0 saturated heterocycles. The molecule has 48 heavy (non-hydrogen) atoms. The summed E-state index contributed by atoms with van der Waals surface area (Å²) >= 11 is 0. The molecule has 0 aromatic heterocycles. The molecule has 1 atom stereocenters. The van der Waals surface area contributed by atoms with E-state index in [4.69, 9.17) is 4.99 Å². The molecule has 0 aliphatic carbocycles. The van der Waals surface area contributed by atoms with Crippen LogP contribution in [0, 0.1) is 0 Å². The Bertz CT molecular complexity index is 2350. The van der Waals surface area contributed by atoms with E-state index in [1.807, 2.05) is 19.3 Å². The lowest BCUT2D eigenvalue weighted by Gasteiger charge is -2.21. The molecule has 0 fully saturated rings. The van der Waals surface area contributed by atoms with E-state index in [1.54, 1.807) is 0 Å². The number of hydrogen-bond acceptors (Lipinski definition) is 2. The van der Waals surface area contributed by atoms with Gasteiger partial charge in [-0.15, -0.1) is 0 Å². The quantitative estimate of drug-likeness (QED) is 0.133. The number of fused-ring (bicyclic) bond motifs is 4. The monoisotopic (exact) mass is 620 g/mol. The largest absolute Gasteiger partial charge is 0.387 e. The minimum absolute atomic E-state index is 0.0953. The van der Waals surface area contributed by atoms with Gasteiger partial charge in [0.15, 0.2) is 0 Å². The number of benzene rings is 7. The van der Waals surface area contributed by atoms with Crippen molar-refractivity contribution in [3.05, 3.63) is 156 Å². The van der Waals surface area contributed by atoms with E-state index >= 15 is 0 Å². The van der Waals surface area contributed by atoms with Crippen molar-refractivity contribution >= 4 is 49.3 Å². The summed E-state index contributed by atoms with van der Waals surface area (Å²) < 4.78 is 0. The van der Waals surface area contributed by atoms with Crippen LogP contribution in [0.15, 0.2) is 150 Å². The first-order valence-corrected chi connectivity index (χ1v) is 17.3. The number of aliphatic imine (C=N–C) groups is 1. The molecule has 0 bridgehead atoms. The zero-order valence-corrected chi connectivity index (χ0v) is 27.7. The average Bonchev–Trinajstić information content (AvgIpc) is 3.15. The van der Waals surface area contributed by atoms with Crippen molar-refractivity contribution in [2.75, 3.05) is 6.54 Å². The maximum atomic E-state index is 5.02. The number of nitrogens with one attached hydrogen (secondary N) is 1. The van der Waals surface area contributed by atoms with Crippen LogP contribution in [-0.4, -0.2) is 12.8 Å². The summed E-state index contributed by atoms with van der Waals surface area (Å²) in [4.78, 5) is 5.02. The van der Waals surface area contributed by atoms with Gasteiger partial charge in [0.25, 0.3) is 0 Å². The lowest BCUT2D eigenvalue weighted by Crippen LogP contribution is -2.13. The SMILES string of the molecule is CC=NC(CCC1=CC=CNC1)c1cccc2c(-c3c4ccccc4c(-c4ccc5cc(CC)ccc5c4)c4ccccc34)cccc12. The Balaban J connectivity index is 1.33. The zero-order chi connectivity index (χ0) is 32.5. The van der Waals surface area contributed by atoms with Gasteiger partial charge in [-0.3, -0.25) is 4.99 Å². The van der Waals surface area contributed by atoms with Gasteiger partial charge in [-0.2, -0.15) is 0 Å². The number of rotatable bonds is 8. The van der Waals surface area contributed by atoms with Crippen LogP contribution in [0.4, 0.5) is 0 Å². The minimum atomic E-state index is 0.0953. The van der Waals surface area contributed by atoms with E-state index in [1.165, 1.54) is 82.0 Å². The van der Waals surface area contributed by atoms with Gasteiger partial charge in [0.05, 0.1) is 6.04 Å². The third kappa shape index (κ3) is 5.38. The van der Waals surface area contributed by atoms with Crippen LogP contribution in [0.5, 0.6) is 0 Å². The number of dihydropyridines is 1. The van der Waals surface area contributed by atoms with Gasteiger partial charge in [0.1, 0.15) is 0 Å². The predicted octanol–water partition coefficient (Wildman–Crippen LogP) is 12.2. The van der Waals surface area contributed by atoms with E-state index in [0.29, 0.717) is 0 Å². The van der Waals surface area contributed by atoms with Crippen molar-refractivity contribution in [2.24, 2.45) is 4.99 Å². The van der Waals surface area contributed by atoms with Crippen molar-refractivity contribution in [3.8, 4) is 22.3 Å². The van der Waals surface area contributed by atoms with E-state index in [0.717, 1.165) is 25.8 Å². The molecule has 0 saturated carbocycles. The number of aryl methyl sites for hydroxylation is 1. The Hall–Kier alpha value is -5.47. The Labute approximate surface area is 283 Å². The topological polar surface area (TPSA) is 24.4 Å². The van der Waals surface area contributed by atoms with E-state index in [-0.39, 0.29) is 6.04 Å². The number of hydrogen-bond donors (Lipinski definition) is 1. The molecule has 8 rings (SSSR count). The second-order valence-corrected chi connectivity index (χ2v) is 12.9. The fourth-order valence-corrected chi connectivity index (χ4v) is 7.73. The third-order valence-corrected chi connectivity index (χ3v) is 10.1. The first-order chi connectivity index (χ1) is 23.7. The molecule has 7 aromatic rings. The van der Waals surface area contributed by atoms with Crippen LogP contribution in [0.3, 0.4) is 0 Å². The van der Waals surface area contributed by atoms with Gasteiger partial charge in [-0.1, -0.05) is 134 Å². The van der Waals surface area contributed by atoms with E-state index in [9.17, 15) is 0 Å². The summed E-state index contributed by atoms with van der Waals surface area (Å²) in [7, 11) is 0.